The normalized spacial score (nSPS) is 15.4. The van der Waals surface area contributed by atoms with E-state index in [1.165, 1.54) is 13.1 Å². The number of hydrogen-bond donors (Lipinski definition) is 1. The van der Waals surface area contributed by atoms with Crippen LogP contribution in [-0.2, 0) is 11.8 Å². The molecule has 1 saturated heterocycles. The number of benzene rings is 1. The van der Waals surface area contributed by atoms with E-state index in [4.69, 9.17) is 4.74 Å². The Morgan fingerprint density at radius 2 is 1.82 bits per heavy atom. The summed E-state index contributed by atoms with van der Waals surface area (Å²) in [4.78, 5) is 42.7. The van der Waals surface area contributed by atoms with Crippen LogP contribution in [0, 0.1) is 13.8 Å². The summed E-state index contributed by atoms with van der Waals surface area (Å²) in [5.41, 5.74) is 1.35. The zero-order valence-electron chi connectivity index (χ0n) is 16.7. The minimum absolute atomic E-state index is 0.0713. The van der Waals surface area contributed by atoms with Crippen molar-refractivity contribution in [1.29, 1.82) is 0 Å². The Hall–Kier alpha value is -3.03. The molecule has 0 spiro atoms. The van der Waals surface area contributed by atoms with Crippen LogP contribution in [0.2, 0.25) is 0 Å². The lowest BCUT2D eigenvalue weighted by atomic mass is 10.1. The molecule has 1 aliphatic heterocycles. The standard InChI is InChI=1S/C20H26N4O4/c1-13-6-5-7-16(14(13)2)28-15(3)19(26)24-10-8-23(9-11-24)17-12-18(25)22(4)20(27)21-17/h5-7,12,15H,8-11H2,1-4H3,(H,21,27). The van der Waals surface area contributed by atoms with Crippen molar-refractivity contribution in [1.82, 2.24) is 14.5 Å². The van der Waals surface area contributed by atoms with Gasteiger partial charge in [0.25, 0.3) is 11.5 Å². The Bertz CT molecular complexity index is 955. The van der Waals surface area contributed by atoms with E-state index in [0.29, 0.717) is 32.0 Å². The molecule has 1 aromatic heterocycles. The van der Waals surface area contributed by atoms with Crippen LogP contribution >= 0.6 is 0 Å². The molecule has 1 aliphatic rings. The van der Waals surface area contributed by atoms with E-state index in [0.717, 1.165) is 21.4 Å². The van der Waals surface area contributed by atoms with Crippen molar-refractivity contribution in [2.75, 3.05) is 31.1 Å². The van der Waals surface area contributed by atoms with Gasteiger partial charge in [0.05, 0.1) is 0 Å². The van der Waals surface area contributed by atoms with E-state index in [-0.39, 0.29) is 11.5 Å². The lowest BCUT2D eigenvalue weighted by molar-refractivity contribution is -0.138. The molecule has 1 fully saturated rings. The fourth-order valence-corrected chi connectivity index (χ4v) is 3.23. The van der Waals surface area contributed by atoms with Gasteiger partial charge in [-0.15, -0.1) is 0 Å². The highest BCUT2D eigenvalue weighted by Crippen LogP contribution is 2.22. The first-order valence-corrected chi connectivity index (χ1v) is 9.35. The maximum atomic E-state index is 12.8. The average Bonchev–Trinajstić information content (AvgIpc) is 2.68. The first-order chi connectivity index (χ1) is 13.3. The van der Waals surface area contributed by atoms with Gasteiger partial charge in [0.2, 0.25) is 0 Å². The third-order valence-electron chi connectivity index (χ3n) is 5.27. The number of aromatic amines is 1. The van der Waals surface area contributed by atoms with Crippen LogP contribution in [0.15, 0.2) is 33.9 Å². The maximum absolute atomic E-state index is 12.8. The van der Waals surface area contributed by atoms with Gasteiger partial charge in [-0.3, -0.25) is 19.1 Å². The number of H-pyrrole nitrogens is 1. The first kappa shape index (κ1) is 19.7. The summed E-state index contributed by atoms with van der Waals surface area (Å²) < 4.78 is 6.92. The molecule has 8 heteroatoms. The van der Waals surface area contributed by atoms with Gasteiger partial charge in [-0.25, -0.2) is 4.79 Å². The molecule has 1 atom stereocenters. The number of aromatic nitrogens is 2. The highest BCUT2D eigenvalue weighted by Gasteiger charge is 2.27. The summed E-state index contributed by atoms with van der Waals surface area (Å²) in [6.45, 7) is 7.80. The summed E-state index contributed by atoms with van der Waals surface area (Å²) in [7, 11) is 1.43. The predicted octanol–water partition coefficient (Wildman–Crippen LogP) is 0.807. The Morgan fingerprint density at radius 1 is 1.14 bits per heavy atom. The van der Waals surface area contributed by atoms with Crippen molar-refractivity contribution in [3.63, 3.8) is 0 Å². The molecule has 0 saturated carbocycles. The molecular weight excluding hydrogens is 360 g/mol. The molecule has 8 nitrogen and oxygen atoms in total. The van der Waals surface area contributed by atoms with E-state index < -0.39 is 11.8 Å². The van der Waals surface area contributed by atoms with Gasteiger partial charge in [-0.05, 0) is 38.0 Å². The number of nitrogens with zero attached hydrogens (tertiary/aromatic N) is 3. The second kappa shape index (κ2) is 7.92. The van der Waals surface area contributed by atoms with E-state index in [1.54, 1.807) is 11.8 Å². The molecule has 3 rings (SSSR count). The molecule has 2 heterocycles. The minimum Gasteiger partial charge on any atom is -0.481 e. The Kier molecular flexibility index (Phi) is 5.58. The molecular formula is C20H26N4O4. The quantitative estimate of drug-likeness (QED) is 0.840. The minimum atomic E-state index is -0.587. The zero-order valence-corrected chi connectivity index (χ0v) is 16.7. The Balaban J connectivity index is 1.62. The molecule has 0 aliphatic carbocycles. The van der Waals surface area contributed by atoms with E-state index in [2.05, 4.69) is 4.98 Å². The third kappa shape index (κ3) is 3.95. The number of amides is 1. The van der Waals surface area contributed by atoms with E-state index >= 15 is 0 Å². The monoisotopic (exact) mass is 386 g/mol. The molecule has 1 N–H and O–H groups in total. The summed E-state index contributed by atoms with van der Waals surface area (Å²) in [6.07, 6.45) is -0.587. The Morgan fingerprint density at radius 3 is 2.46 bits per heavy atom. The topological polar surface area (TPSA) is 87.6 Å². The predicted molar refractivity (Wildman–Crippen MR) is 107 cm³/mol. The number of ether oxygens (including phenoxy) is 1. The lowest BCUT2D eigenvalue weighted by Gasteiger charge is -2.36. The van der Waals surface area contributed by atoms with E-state index in [9.17, 15) is 14.4 Å². The highest BCUT2D eigenvalue weighted by atomic mass is 16.5. The van der Waals surface area contributed by atoms with Crippen molar-refractivity contribution < 1.29 is 9.53 Å². The Labute approximate surface area is 163 Å². The number of anilines is 1. The number of nitrogens with one attached hydrogen (secondary N) is 1. The zero-order chi connectivity index (χ0) is 20.4. The van der Waals surface area contributed by atoms with Crippen LogP contribution in [0.3, 0.4) is 0 Å². The summed E-state index contributed by atoms with van der Waals surface area (Å²) in [5, 5.41) is 0. The van der Waals surface area contributed by atoms with Gasteiger partial charge in [0.15, 0.2) is 6.10 Å². The van der Waals surface area contributed by atoms with Gasteiger partial charge in [-0.1, -0.05) is 12.1 Å². The van der Waals surface area contributed by atoms with Gasteiger partial charge in [0, 0.05) is 39.3 Å². The first-order valence-electron chi connectivity index (χ1n) is 9.35. The molecule has 150 valence electrons. The van der Waals surface area contributed by atoms with Crippen molar-refractivity contribution in [2.45, 2.75) is 26.9 Å². The average molecular weight is 386 g/mol. The second-order valence-electron chi connectivity index (χ2n) is 7.13. The summed E-state index contributed by atoms with van der Waals surface area (Å²) in [6, 6.07) is 7.20. The number of piperazine rings is 1. The lowest BCUT2D eigenvalue weighted by Crippen LogP contribution is -2.52. The van der Waals surface area contributed by atoms with Gasteiger partial charge < -0.3 is 14.5 Å². The number of aryl methyl sites for hydroxylation is 1. The highest BCUT2D eigenvalue weighted by molar-refractivity contribution is 5.81. The largest absolute Gasteiger partial charge is 0.481 e. The van der Waals surface area contributed by atoms with E-state index in [1.807, 2.05) is 36.9 Å². The van der Waals surface area contributed by atoms with Crippen LogP contribution in [0.1, 0.15) is 18.1 Å². The van der Waals surface area contributed by atoms with Crippen molar-refractivity contribution >= 4 is 11.7 Å². The number of rotatable bonds is 4. The number of carbonyl (C=O) groups is 1. The molecule has 0 bridgehead atoms. The van der Waals surface area contributed by atoms with Gasteiger partial charge in [-0.2, -0.15) is 0 Å². The SMILES string of the molecule is Cc1cccc(OC(C)C(=O)N2CCN(c3cc(=O)n(C)c(=O)[nH]3)CC2)c1C. The van der Waals surface area contributed by atoms with Crippen molar-refractivity contribution in [3.05, 3.63) is 56.2 Å². The molecule has 28 heavy (non-hydrogen) atoms. The van der Waals surface area contributed by atoms with Crippen LogP contribution < -0.4 is 20.9 Å². The molecule has 1 unspecified atom stereocenters. The number of carbonyl (C=O) groups excluding carboxylic acids is 1. The van der Waals surface area contributed by atoms with Crippen molar-refractivity contribution in [2.24, 2.45) is 7.05 Å². The molecule has 2 aromatic rings. The van der Waals surface area contributed by atoms with Crippen LogP contribution in [0.5, 0.6) is 5.75 Å². The van der Waals surface area contributed by atoms with Crippen LogP contribution in [0.25, 0.3) is 0 Å². The molecule has 0 radical (unpaired) electrons. The van der Waals surface area contributed by atoms with Gasteiger partial charge >= 0.3 is 5.69 Å². The number of hydrogen-bond acceptors (Lipinski definition) is 5. The molecule has 1 aromatic carbocycles. The fourth-order valence-electron chi connectivity index (χ4n) is 3.23. The molecule has 1 amide bonds. The summed E-state index contributed by atoms with van der Waals surface area (Å²) >= 11 is 0. The third-order valence-corrected chi connectivity index (χ3v) is 5.27. The fraction of sp³-hybridized carbons (Fsp3) is 0.450. The van der Waals surface area contributed by atoms with Gasteiger partial charge in [0.1, 0.15) is 11.6 Å². The smallest absolute Gasteiger partial charge is 0.329 e. The maximum Gasteiger partial charge on any atom is 0.329 e. The van der Waals surface area contributed by atoms with Crippen LogP contribution in [0.4, 0.5) is 5.82 Å². The second-order valence-corrected chi connectivity index (χ2v) is 7.13. The summed E-state index contributed by atoms with van der Waals surface area (Å²) in [5.74, 6) is 1.13. The van der Waals surface area contributed by atoms with Crippen molar-refractivity contribution in [3.8, 4) is 5.75 Å². The van der Waals surface area contributed by atoms with Crippen LogP contribution in [-0.4, -0.2) is 52.6 Å².